The van der Waals surface area contributed by atoms with Crippen molar-refractivity contribution in [1.82, 2.24) is 4.90 Å². The predicted octanol–water partition coefficient (Wildman–Crippen LogP) is 3.26. The van der Waals surface area contributed by atoms with Gasteiger partial charge in [-0.3, -0.25) is 0 Å². The van der Waals surface area contributed by atoms with E-state index < -0.39 is 11.4 Å². The van der Waals surface area contributed by atoms with Crippen molar-refractivity contribution in [1.29, 1.82) is 0 Å². The lowest BCUT2D eigenvalue weighted by Gasteiger charge is -2.24. The Morgan fingerprint density at radius 1 is 1.45 bits per heavy atom. The fraction of sp³-hybridized carbons (Fsp3) is 0.533. The summed E-state index contributed by atoms with van der Waals surface area (Å²) in [5.41, 5.74) is 0.332. The third kappa shape index (κ3) is 3.40. The molecule has 1 aliphatic rings. The molecule has 1 fully saturated rings. The van der Waals surface area contributed by atoms with Crippen molar-refractivity contribution < 1.29 is 19.0 Å². The van der Waals surface area contributed by atoms with Gasteiger partial charge >= 0.3 is 6.09 Å². The van der Waals surface area contributed by atoms with E-state index in [2.05, 4.69) is 0 Å². The first-order chi connectivity index (χ1) is 9.26. The van der Waals surface area contributed by atoms with E-state index in [1.807, 2.05) is 20.8 Å². The van der Waals surface area contributed by atoms with Crippen LogP contribution in [0.5, 0.6) is 5.75 Å². The number of halogens is 1. The maximum Gasteiger partial charge on any atom is 0.410 e. The fourth-order valence-corrected chi connectivity index (χ4v) is 2.31. The van der Waals surface area contributed by atoms with Crippen LogP contribution in [0.25, 0.3) is 0 Å². The zero-order valence-electron chi connectivity index (χ0n) is 12.0. The highest BCUT2D eigenvalue weighted by Crippen LogP contribution is 2.30. The Morgan fingerprint density at radius 2 is 2.15 bits per heavy atom. The van der Waals surface area contributed by atoms with Crippen molar-refractivity contribution in [3.8, 4) is 5.75 Å². The Morgan fingerprint density at radius 3 is 2.75 bits per heavy atom. The van der Waals surface area contributed by atoms with E-state index in [-0.39, 0.29) is 17.8 Å². The maximum absolute atomic E-state index is 13.0. The lowest BCUT2D eigenvalue weighted by atomic mass is 9.98. The van der Waals surface area contributed by atoms with E-state index >= 15 is 0 Å². The van der Waals surface area contributed by atoms with E-state index in [1.54, 1.807) is 11.0 Å². The summed E-state index contributed by atoms with van der Waals surface area (Å²) in [5, 5.41) is 9.41. The third-order valence-corrected chi connectivity index (χ3v) is 3.28. The van der Waals surface area contributed by atoms with Crippen LogP contribution in [0.4, 0.5) is 9.18 Å². The minimum absolute atomic E-state index is 0.106. The normalized spacial score (nSPS) is 19.2. The van der Waals surface area contributed by atoms with Gasteiger partial charge in [0.1, 0.15) is 5.60 Å². The van der Waals surface area contributed by atoms with Crippen LogP contribution in [0.1, 0.15) is 38.7 Å². The highest BCUT2D eigenvalue weighted by atomic mass is 19.1. The van der Waals surface area contributed by atoms with Crippen LogP contribution in [-0.4, -0.2) is 34.8 Å². The van der Waals surface area contributed by atoms with Crippen LogP contribution >= 0.6 is 0 Å². The van der Waals surface area contributed by atoms with E-state index in [0.717, 1.165) is 12.0 Å². The topological polar surface area (TPSA) is 49.8 Å². The summed E-state index contributed by atoms with van der Waals surface area (Å²) in [7, 11) is 0. The molecule has 20 heavy (non-hydrogen) atoms. The second kappa shape index (κ2) is 5.31. The molecule has 1 saturated heterocycles. The third-order valence-electron chi connectivity index (χ3n) is 3.28. The van der Waals surface area contributed by atoms with Gasteiger partial charge in [-0.15, -0.1) is 0 Å². The summed E-state index contributed by atoms with van der Waals surface area (Å²) in [6, 6.07) is 4.33. The monoisotopic (exact) mass is 281 g/mol. The van der Waals surface area contributed by atoms with Gasteiger partial charge in [0.25, 0.3) is 0 Å². The molecular formula is C15H20FNO3. The number of hydrogen-bond donors (Lipinski definition) is 1. The van der Waals surface area contributed by atoms with Gasteiger partial charge in [-0.25, -0.2) is 9.18 Å². The molecule has 0 spiro atoms. The summed E-state index contributed by atoms with van der Waals surface area (Å²) in [4.78, 5) is 13.6. The average molecular weight is 281 g/mol. The van der Waals surface area contributed by atoms with Crippen LogP contribution in [0, 0.1) is 5.82 Å². The average Bonchev–Trinajstić information content (AvgIpc) is 2.80. The molecule has 1 aromatic carbocycles. The standard InChI is InChI=1S/C15H20FNO3/c1-15(2,3)20-14(19)17-7-6-11(9-17)10-4-5-12(16)13(18)8-10/h4-5,8,11,18H,6-7,9H2,1-3H3. The van der Waals surface area contributed by atoms with Gasteiger partial charge in [-0.1, -0.05) is 6.07 Å². The molecule has 1 unspecified atom stereocenters. The molecule has 2 rings (SSSR count). The minimum Gasteiger partial charge on any atom is -0.505 e. The van der Waals surface area contributed by atoms with Gasteiger partial charge in [0.2, 0.25) is 0 Å². The Hall–Kier alpha value is -1.78. The largest absolute Gasteiger partial charge is 0.505 e. The molecule has 110 valence electrons. The molecule has 5 heteroatoms. The minimum atomic E-state index is -0.629. The number of aromatic hydroxyl groups is 1. The van der Waals surface area contributed by atoms with Crippen LogP contribution in [-0.2, 0) is 4.74 Å². The second-order valence-corrected chi connectivity index (χ2v) is 6.12. The molecule has 0 radical (unpaired) electrons. The Bertz CT molecular complexity index is 510. The van der Waals surface area contributed by atoms with Crippen molar-refractivity contribution >= 4 is 6.09 Å². The number of phenols is 1. The summed E-state index contributed by atoms with van der Waals surface area (Å²) in [6.45, 7) is 6.63. The molecule has 1 atom stereocenters. The van der Waals surface area contributed by atoms with E-state index in [1.165, 1.54) is 12.1 Å². The van der Waals surface area contributed by atoms with Gasteiger partial charge in [-0.2, -0.15) is 0 Å². The number of carbonyl (C=O) groups is 1. The number of likely N-dealkylation sites (tertiary alicyclic amines) is 1. The molecule has 1 amide bonds. The number of benzene rings is 1. The molecule has 1 aliphatic heterocycles. The molecule has 1 heterocycles. The number of nitrogens with zero attached hydrogens (tertiary/aromatic N) is 1. The van der Waals surface area contributed by atoms with Gasteiger partial charge in [0.05, 0.1) is 0 Å². The van der Waals surface area contributed by atoms with Gasteiger partial charge in [0.15, 0.2) is 11.6 Å². The van der Waals surface area contributed by atoms with Gasteiger partial charge in [-0.05, 0) is 44.9 Å². The van der Waals surface area contributed by atoms with Crippen LogP contribution in [0.15, 0.2) is 18.2 Å². The SMILES string of the molecule is CC(C)(C)OC(=O)N1CCC(c2ccc(F)c(O)c2)C1. The first kappa shape index (κ1) is 14.6. The van der Waals surface area contributed by atoms with E-state index in [4.69, 9.17) is 4.74 Å². The molecule has 0 aromatic heterocycles. The first-order valence-corrected chi connectivity index (χ1v) is 6.72. The Labute approximate surface area is 118 Å². The van der Waals surface area contributed by atoms with Gasteiger partial charge in [0, 0.05) is 19.0 Å². The van der Waals surface area contributed by atoms with Crippen LogP contribution in [0.3, 0.4) is 0 Å². The molecule has 1 N–H and O–H groups in total. The number of carbonyl (C=O) groups excluding carboxylic acids is 1. The smallest absolute Gasteiger partial charge is 0.410 e. The molecule has 0 bridgehead atoms. The number of hydrogen-bond acceptors (Lipinski definition) is 3. The molecule has 0 saturated carbocycles. The highest BCUT2D eigenvalue weighted by Gasteiger charge is 2.30. The molecule has 0 aliphatic carbocycles. The number of amides is 1. The molecular weight excluding hydrogens is 261 g/mol. The predicted molar refractivity (Wildman–Crippen MR) is 73.2 cm³/mol. The summed E-state index contributed by atoms with van der Waals surface area (Å²) in [5.74, 6) is -0.872. The second-order valence-electron chi connectivity index (χ2n) is 6.12. The zero-order chi connectivity index (χ0) is 14.9. The van der Waals surface area contributed by atoms with E-state index in [9.17, 15) is 14.3 Å². The van der Waals surface area contributed by atoms with Crippen LogP contribution < -0.4 is 0 Å². The van der Waals surface area contributed by atoms with Crippen molar-refractivity contribution in [3.63, 3.8) is 0 Å². The summed E-state index contributed by atoms with van der Waals surface area (Å²) in [6.07, 6.45) is 0.455. The zero-order valence-corrected chi connectivity index (χ0v) is 12.0. The molecule has 4 nitrogen and oxygen atoms in total. The number of ether oxygens (including phenoxy) is 1. The summed E-state index contributed by atoms with van der Waals surface area (Å²) >= 11 is 0. The fourth-order valence-electron chi connectivity index (χ4n) is 2.31. The van der Waals surface area contributed by atoms with Crippen LogP contribution in [0.2, 0.25) is 0 Å². The van der Waals surface area contributed by atoms with E-state index in [0.29, 0.717) is 13.1 Å². The van der Waals surface area contributed by atoms with Gasteiger partial charge < -0.3 is 14.7 Å². The number of rotatable bonds is 1. The van der Waals surface area contributed by atoms with Crippen molar-refractivity contribution in [2.45, 2.75) is 38.7 Å². The quantitative estimate of drug-likeness (QED) is 0.859. The lowest BCUT2D eigenvalue weighted by molar-refractivity contribution is 0.0292. The summed E-state index contributed by atoms with van der Waals surface area (Å²) < 4.78 is 18.4. The lowest BCUT2D eigenvalue weighted by Crippen LogP contribution is -2.35. The maximum atomic E-state index is 13.0. The Kier molecular flexibility index (Phi) is 3.88. The Balaban J connectivity index is 2.01. The van der Waals surface area contributed by atoms with Crippen molar-refractivity contribution in [3.05, 3.63) is 29.6 Å². The van der Waals surface area contributed by atoms with Crippen molar-refractivity contribution in [2.24, 2.45) is 0 Å². The highest BCUT2D eigenvalue weighted by molar-refractivity contribution is 5.68. The van der Waals surface area contributed by atoms with Crippen molar-refractivity contribution in [2.75, 3.05) is 13.1 Å². The molecule has 1 aromatic rings. The number of phenolic OH excluding ortho intramolecular Hbond substituents is 1. The first-order valence-electron chi connectivity index (χ1n) is 6.72.